The molecule has 0 aliphatic heterocycles. The first-order valence-electron chi connectivity index (χ1n) is 6.96. The maximum Gasteiger partial charge on any atom is 0.156 e. The highest BCUT2D eigenvalue weighted by Gasteiger charge is 2.13. The summed E-state index contributed by atoms with van der Waals surface area (Å²) in [5.41, 5.74) is 1.11. The smallest absolute Gasteiger partial charge is 0.156 e. The second-order valence-electron chi connectivity index (χ2n) is 5.16. The lowest BCUT2D eigenvalue weighted by Crippen LogP contribution is -2.27. The molecule has 1 fully saturated rings. The van der Waals surface area contributed by atoms with E-state index >= 15 is 0 Å². The predicted molar refractivity (Wildman–Crippen MR) is 81.3 cm³/mol. The second kappa shape index (κ2) is 7.37. The Labute approximate surface area is 125 Å². The average Bonchev–Trinajstić information content (AvgIpc) is 2.64. The van der Waals surface area contributed by atoms with Crippen LogP contribution in [0.15, 0.2) is 12.1 Å². The summed E-state index contributed by atoms with van der Waals surface area (Å²) in [6, 6.07) is 4.48. The molecule has 1 aliphatic carbocycles. The molecule has 1 saturated carbocycles. The molecule has 1 aromatic rings. The van der Waals surface area contributed by atoms with Crippen LogP contribution in [-0.4, -0.2) is 13.2 Å². The van der Waals surface area contributed by atoms with Gasteiger partial charge in [0.05, 0.1) is 17.2 Å². The van der Waals surface area contributed by atoms with Gasteiger partial charge in [-0.25, -0.2) is 0 Å². The Morgan fingerprint density at radius 1 is 1.11 bits per heavy atom. The van der Waals surface area contributed by atoms with Crippen LogP contribution in [0.25, 0.3) is 0 Å². The Balaban J connectivity index is 1.95. The van der Waals surface area contributed by atoms with Gasteiger partial charge in [-0.1, -0.05) is 48.9 Å². The van der Waals surface area contributed by atoms with E-state index < -0.39 is 0 Å². The molecule has 0 radical (unpaired) electrons. The molecule has 2 nitrogen and oxygen atoms in total. The van der Waals surface area contributed by atoms with E-state index in [-0.39, 0.29) is 0 Å². The molecule has 0 saturated heterocycles. The molecule has 0 unspecified atom stereocenters. The number of benzene rings is 1. The summed E-state index contributed by atoms with van der Waals surface area (Å²) in [6.07, 6.45) is 7.97. The Hall–Kier alpha value is -0.440. The molecule has 2 rings (SSSR count). The maximum absolute atomic E-state index is 6.15. The Kier molecular flexibility index (Phi) is 5.80. The zero-order valence-corrected chi connectivity index (χ0v) is 12.9. The molecule has 4 heteroatoms. The molecule has 106 valence electrons. The summed E-state index contributed by atoms with van der Waals surface area (Å²) < 4.78 is 5.16. The summed E-state index contributed by atoms with van der Waals surface area (Å²) in [7, 11) is 1.58. The molecule has 0 aromatic heterocycles. The van der Waals surface area contributed by atoms with Gasteiger partial charge in [0.15, 0.2) is 5.75 Å². The van der Waals surface area contributed by atoms with Crippen molar-refractivity contribution in [3.63, 3.8) is 0 Å². The monoisotopic (exact) mass is 301 g/mol. The third kappa shape index (κ3) is 4.27. The fraction of sp³-hybridized carbons (Fsp3) is 0.600. The van der Waals surface area contributed by atoms with Gasteiger partial charge in [-0.15, -0.1) is 0 Å². The number of methoxy groups -OCH3 is 1. The van der Waals surface area contributed by atoms with Crippen molar-refractivity contribution in [1.29, 1.82) is 0 Å². The number of hydrogen-bond donors (Lipinski definition) is 1. The highest BCUT2D eigenvalue weighted by Crippen LogP contribution is 2.33. The van der Waals surface area contributed by atoms with Gasteiger partial charge >= 0.3 is 0 Å². The molecule has 1 aromatic carbocycles. The predicted octanol–water partition coefficient (Wildman–Crippen LogP) is 4.81. The van der Waals surface area contributed by atoms with Crippen molar-refractivity contribution < 1.29 is 4.74 Å². The van der Waals surface area contributed by atoms with Gasteiger partial charge < -0.3 is 10.1 Å². The highest BCUT2D eigenvalue weighted by atomic mass is 35.5. The first-order chi connectivity index (χ1) is 9.20. The van der Waals surface area contributed by atoms with Crippen LogP contribution in [0, 0.1) is 0 Å². The maximum atomic E-state index is 6.15. The van der Waals surface area contributed by atoms with Crippen LogP contribution in [-0.2, 0) is 6.54 Å². The first kappa shape index (κ1) is 15.0. The van der Waals surface area contributed by atoms with Crippen molar-refractivity contribution in [2.24, 2.45) is 0 Å². The molecule has 0 atom stereocenters. The molecular formula is C15H21Cl2NO. The van der Waals surface area contributed by atoms with Crippen molar-refractivity contribution in [1.82, 2.24) is 5.32 Å². The van der Waals surface area contributed by atoms with Gasteiger partial charge in [0.25, 0.3) is 0 Å². The van der Waals surface area contributed by atoms with E-state index in [1.807, 2.05) is 12.1 Å². The summed E-state index contributed by atoms with van der Waals surface area (Å²) in [6.45, 7) is 0.814. The standard InChI is InChI=1S/C15H21Cl2NO/c1-19-15-13(16)8-11(9-14(15)17)10-18-12-6-4-2-3-5-7-12/h8-9,12,18H,2-7,10H2,1H3. The van der Waals surface area contributed by atoms with Gasteiger partial charge in [-0.2, -0.15) is 0 Å². The zero-order chi connectivity index (χ0) is 13.7. The van der Waals surface area contributed by atoms with Crippen LogP contribution in [0.2, 0.25) is 10.0 Å². The van der Waals surface area contributed by atoms with Crippen molar-refractivity contribution in [3.8, 4) is 5.75 Å². The van der Waals surface area contributed by atoms with Crippen LogP contribution < -0.4 is 10.1 Å². The van der Waals surface area contributed by atoms with E-state index in [1.54, 1.807) is 7.11 Å². The average molecular weight is 302 g/mol. The van der Waals surface area contributed by atoms with Crippen molar-refractivity contribution >= 4 is 23.2 Å². The van der Waals surface area contributed by atoms with Gasteiger partial charge in [-0.05, 0) is 30.5 Å². The molecule has 1 aliphatic rings. The lowest BCUT2D eigenvalue weighted by Gasteiger charge is -2.17. The normalized spacial score (nSPS) is 17.2. The van der Waals surface area contributed by atoms with Gasteiger partial charge in [0.2, 0.25) is 0 Å². The Bertz CT molecular complexity index is 392. The van der Waals surface area contributed by atoms with Gasteiger partial charge in [-0.3, -0.25) is 0 Å². The van der Waals surface area contributed by atoms with Crippen LogP contribution >= 0.6 is 23.2 Å². The number of halogens is 2. The van der Waals surface area contributed by atoms with E-state index in [4.69, 9.17) is 27.9 Å². The second-order valence-corrected chi connectivity index (χ2v) is 5.98. The van der Waals surface area contributed by atoms with Crippen molar-refractivity contribution in [2.75, 3.05) is 7.11 Å². The minimum absolute atomic E-state index is 0.557. The van der Waals surface area contributed by atoms with E-state index in [2.05, 4.69) is 5.32 Å². The molecule has 1 N–H and O–H groups in total. The molecule has 0 spiro atoms. The summed E-state index contributed by atoms with van der Waals surface area (Å²) >= 11 is 12.3. The van der Waals surface area contributed by atoms with Crippen LogP contribution in [0.4, 0.5) is 0 Å². The minimum atomic E-state index is 0.557. The first-order valence-corrected chi connectivity index (χ1v) is 7.71. The zero-order valence-electron chi connectivity index (χ0n) is 11.3. The third-order valence-corrected chi connectivity index (χ3v) is 4.27. The lowest BCUT2D eigenvalue weighted by atomic mass is 10.1. The number of ether oxygens (including phenoxy) is 1. The van der Waals surface area contributed by atoms with E-state index in [9.17, 15) is 0 Å². The largest absolute Gasteiger partial charge is 0.494 e. The topological polar surface area (TPSA) is 21.3 Å². The van der Waals surface area contributed by atoms with Crippen molar-refractivity contribution in [3.05, 3.63) is 27.7 Å². The van der Waals surface area contributed by atoms with Crippen LogP contribution in [0.1, 0.15) is 44.1 Å². The SMILES string of the molecule is COc1c(Cl)cc(CNC2CCCCCC2)cc1Cl. The van der Waals surface area contributed by atoms with Crippen LogP contribution in [0.3, 0.4) is 0 Å². The number of nitrogens with one attached hydrogen (secondary N) is 1. The quantitative estimate of drug-likeness (QED) is 0.806. The van der Waals surface area contributed by atoms with Crippen LogP contribution in [0.5, 0.6) is 5.75 Å². The van der Waals surface area contributed by atoms with E-state index in [0.717, 1.165) is 12.1 Å². The molecule has 0 amide bonds. The summed E-state index contributed by atoms with van der Waals surface area (Å²) in [5.74, 6) is 0.557. The number of hydrogen-bond acceptors (Lipinski definition) is 2. The van der Waals surface area contributed by atoms with Gasteiger partial charge in [0, 0.05) is 12.6 Å². The summed E-state index contributed by atoms with van der Waals surface area (Å²) in [4.78, 5) is 0. The van der Waals surface area contributed by atoms with Crippen molar-refractivity contribution in [2.45, 2.75) is 51.1 Å². The van der Waals surface area contributed by atoms with Gasteiger partial charge in [0.1, 0.15) is 0 Å². The molecule has 0 heterocycles. The Morgan fingerprint density at radius 3 is 2.21 bits per heavy atom. The fourth-order valence-electron chi connectivity index (χ4n) is 2.66. The summed E-state index contributed by atoms with van der Waals surface area (Å²) in [5, 5.41) is 4.76. The highest BCUT2D eigenvalue weighted by molar-refractivity contribution is 6.37. The van der Waals surface area contributed by atoms with E-state index in [1.165, 1.54) is 38.5 Å². The molecule has 19 heavy (non-hydrogen) atoms. The fourth-order valence-corrected chi connectivity index (χ4v) is 3.34. The molecule has 0 bridgehead atoms. The number of rotatable bonds is 4. The third-order valence-electron chi connectivity index (χ3n) is 3.71. The Morgan fingerprint density at radius 2 is 1.68 bits per heavy atom. The molecular weight excluding hydrogens is 281 g/mol. The lowest BCUT2D eigenvalue weighted by molar-refractivity contribution is 0.414. The minimum Gasteiger partial charge on any atom is -0.494 e. The van der Waals surface area contributed by atoms with E-state index in [0.29, 0.717) is 21.8 Å².